The molecule has 0 bridgehead atoms. The maximum Gasteiger partial charge on any atom is 0.271 e. The number of nitrogens with zero attached hydrogens (tertiary/aromatic N) is 1. The van der Waals surface area contributed by atoms with Gasteiger partial charge in [0.2, 0.25) is 0 Å². The second kappa shape index (κ2) is 5.07. The van der Waals surface area contributed by atoms with Crippen molar-refractivity contribution in [3.8, 4) is 5.75 Å². The molecular formula is C10H10BrNO4. The number of non-ortho nitro benzene ring substituents is 1. The molecule has 0 saturated carbocycles. The quantitative estimate of drug-likeness (QED) is 0.485. The van der Waals surface area contributed by atoms with E-state index in [1.165, 1.54) is 19.1 Å². The number of nitro benzene ring substituents is 1. The molecule has 0 heterocycles. The van der Waals surface area contributed by atoms with Gasteiger partial charge < -0.3 is 4.74 Å². The van der Waals surface area contributed by atoms with E-state index >= 15 is 0 Å². The number of ether oxygens (including phenoxy) is 1. The van der Waals surface area contributed by atoms with Crippen molar-refractivity contribution in [2.24, 2.45) is 0 Å². The molecule has 86 valence electrons. The normalized spacial score (nSPS) is 9.94. The Labute approximate surface area is 101 Å². The zero-order chi connectivity index (χ0) is 12.3. The highest BCUT2D eigenvalue weighted by atomic mass is 79.9. The summed E-state index contributed by atoms with van der Waals surface area (Å²) in [6.07, 6.45) is 0. The monoisotopic (exact) mass is 287 g/mol. The van der Waals surface area contributed by atoms with Crippen molar-refractivity contribution in [3.05, 3.63) is 32.3 Å². The van der Waals surface area contributed by atoms with Crippen LogP contribution in [0, 0.1) is 10.1 Å². The van der Waals surface area contributed by atoms with Crippen molar-refractivity contribution in [2.45, 2.75) is 13.8 Å². The summed E-state index contributed by atoms with van der Waals surface area (Å²) in [6.45, 7) is 3.50. The van der Waals surface area contributed by atoms with E-state index < -0.39 is 4.92 Å². The topological polar surface area (TPSA) is 69.4 Å². The van der Waals surface area contributed by atoms with Crippen molar-refractivity contribution in [3.63, 3.8) is 0 Å². The fourth-order valence-electron chi connectivity index (χ4n) is 1.24. The van der Waals surface area contributed by atoms with E-state index in [9.17, 15) is 14.9 Å². The van der Waals surface area contributed by atoms with Gasteiger partial charge in [0.1, 0.15) is 5.75 Å². The molecule has 1 rings (SSSR count). The third-order valence-electron chi connectivity index (χ3n) is 1.91. The van der Waals surface area contributed by atoms with Crippen LogP contribution in [0.1, 0.15) is 24.2 Å². The minimum absolute atomic E-state index is 0.138. The molecule has 5 nitrogen and oxygen atoms in total. The lowest BCUT2D eigenvalue weighted by atomic mass is 10.1. The average Bonchev–Trinajstić information content (AvgIpc) is 2.20. The standard InChI is InChI=1S/C10H10BrNO4/c1-3-16-10-8(6(2)13)4-7(12(14)15)5-9(10)11/h4-5H,3H2,1-2H3. The van der Waals surface area contributed by atoms with E-state index in [1.807, 2.05) is 0 Å². The van der Waals surface area contributed by atoms with Crippen molar-refractivity contribution in [2.75, 3.05) is 6.61 Å². The fourth-order valence-corrected chi connectivity index (χ4v) is 1.80. The summed E-state index contributed by atoms with van der Waals surface area (Å²) in [4.78, 5) is 21.4. The summed E-state index contributed by atoms with van der Waals surface area (Å²) in [7, 11) is 0. The lowest BCUT2D eigenvalue weighted by molar-refractivity contribution is -0.385. The number of Topliss-reactive ketones (excluding diaryl/α,β-unsaturated/α-hetero) is 1. The Morgan fingerprint density at radius 2 is 2.19 bits per heavy atom. The van der Waals surface area contributed by atoms with E-state index in [2.05, 4.69) is 15.9 Å². The minimum Gasteiger partial charge on any atom is -0.492 e. The SMILES string of the molecule is CCOc1c(Br)cc([N+](=O)[O-])cc1C(C)=O. The van der Waals surface area contributed by atoms with Crippen LogP contribution in [0.3, 0.4) is 0 Å². The van der Waals surface area contributed by atoms with Crippen LogP contribution in [0.2, 0.25) is 0 Å². The van der Waals surface area contributed by atoms with Gasteiger partial charge in [-0.1, -0.05) is 0 Å². The fraction of sp³-hybridized carbons (Fsp3) is 0.300. The predicted molar refractivity (Wildman–Crippen MR) is 62.0 cm³/mol. The Morgan fingerprint density at radius 3 is 2.62 bits per heavy atom. The highest BCUT2D eigenvalue weighted by Crippen LogP contribution is 2.33. The van der Waals surface area contributed by atoms with E-state index in [0.29, 0.717) is 16.8 Å². The molecular weight excluding hydrogens is 278 g/mol. The van der Waals surface area contributed by atoms with Crippen LogP contribution in [-0.2, 0) is 0 Å². The van der Waals surface area contributed by atoms with Crippen LogP contribution in [0.25, 0.3) is 0 Å². The number of carbonyl (C=O) groups is 1. The largest absolute Gasteiger partial charge is 0.492 e. The number of benzene rings is 1. The van der Waals surface area contributed by atoms with E-state index in [0.717, 1.165) is 0 Å². The second-order valence-electron chi connectivity index (χ2n) is 3.05. The lowest BCUT2D eigenvalue weighted by Crippen LogP contribution is -2.03. The third kappa shape index (κ3) is 2.57. The van der Waals surface area contributed by atoms with Gasteiger partial charge in [-0.25, -0.2) is 0 Å². The van der Waals surface area contributed by atoms with Crippen LogP contribution >= 0.6 is 15.9 Å². The average molecular weight is 288 g/mol. The molecule has 0 aliphatic carbocycles. The number of hydrogen-bond acceptors (Lipinski definition) is 4. The first-order chi connectivity index (χ1) is 7.47. The minimum atomic E-state index is -0.549. The Hall–Kier alpha value is -1.43. The maximum atomic E-state index is 11.3. The molecule has 0 radical (unpaired) electrons. The molecule has 0 saturated heterocycles. The Kier molecular flexibility index (Phi) is 4.00. The third-order valence-corrected chi connectivity index (χ3v) is 2.50. The first-order valence-corrected chi connectivity index (χ1v) is 5.38. The first-order valence-electron chi connectivity index (χ1n) is 4.59. The zero-order valence-corrected chi connectivity index (χ0v) is 10.4. The number of halogens is 1. The lowest BCUT2D eigenvalue weighted by Gasteiger charge is -2.09. The summed E-state index contributed by atoms with van der Waals surface area (Å²) in [6, 6.07) is 2.54. The molecule has 0 aromatic heterocycles. The number of ketones is 1. The summed E-state index contributed by atoms with van der Waals surface area (Å²) >= 11 is 3.15. The number of hydrogen-bond donors (Lipinski definition) is 0. The molecule has 0 spiro atoms. The molecule has 0 amide bonds. The number of rotatable bonds is 4. The zero-order valence-electron chi connectivity index (χ0n) is 8.82. The summed E-state index contributed by atoms with van der Waals surface area (Å²) < 4.78 is 5.68. The summed E-state index contributed by atoms with van der Waals surface area (Å²) in [5.41, 5.74) is 0.0726. The smallest absolute Gasteiger partial charge is 0.271 e. The van der Waals surface area contributed by atoms with Crippen molar-refractivity contribution in [1.29, 1.82) is 0 Å². The molecule has 0 aliphatic heterocycles. The molecule has 0 aliphatic rings. The molecule has 1 aromatic carbocycles. The molecule has 0 unspecified atom stereocenters. The Balaban J connectivity index is 3.39. The number of nitro groups is 1. The summed E-state index contributed by atoms with van der Waals surface area (Å²) in [5.74, 6) is 0.0773. The van der Waals surface area contributed by atoms with Gasteiger partial charge in [0.05, 0.1) is 21.6 Å². The van der Waals surface area contributed by atoms with Crippen LogP contribution in [0.4, 0.5) is 5.69 Å². The van der Waals surface area contributed by atoms with Gasteiger partial charge in [-0.15, -0.1) is 0 Å². The molecule has 0 fully saturated rings. The van der Waals surface area contributed by atoms with Crippen molar-refractivity contribution in [1.82, 2.24) is 0 Å². The highest BCUT2D eigenvalue weighted by molar-refractivity contribution is 9.10. The molecule has 1 aromatic rings. The van der Waals surface area contributed by atoms with Gasteiger partial charge in [-0.3, -0.25) is 14.9 Å². The first kappa shape index (κ1) is 12.6. The number of carbonyl (C=O) groups excluding carboxylic acids is 1. The molecule has 0 N–H and O–H groups in total. The van der Waals surface area contributed by atoms with Crippen molar-refractivity contribution < 1.29 is 14.5 Å². The maximum absolute atomic E-state index is 11.3. The van der Waals surface area contributed by atoms with Gasteiger partial charge >= 0.3 is 0 Å². The van der Waals surface area contributed by atoms with Gasteiger partial charge in [0, 0.05) is 12.1 Å². The Morgan fingerprint density at radius 1 is 1.56 bits per heavy atom. The van der Waals surface area contributed by atoms with Gasteiger partial charge in [0.25, 0.3) is 5.69 Å². The highest BCUT2D eigenvalue weighted by Gasteiger charge is 2.18. The molecule has 0 atom stereocenters. The van der Waals surface area contributed by atoms with Crippen LogP contribution in [0.15, 0.2) is 16.6 Å². The van der Waals surface area contributed by atoms with E-state index in [1.54, 1.807) is 6.92 Å². The molecule has 16 heavy (non-hydrogen) atoms. The van der Waals surface area contributed by atoms with E-state index in [4.69, 9.17) is 4.74 Å². The van der Waals surface area contributed by atoms with Crippen molar-refractivity contribution >= 4 is 27.4 Å². The van der Waals surface area contributed by atoms with Gasteiger partial charge in [-0.2, -0.15) is 0 Å². The molecule has 6 heteroatoms. The van der Waals surface area contributed by atoms with Crippen LogP contribution in [-0.4, -0.2) is 17.3 Å². The van der Waals surface area contributed by atoms with Crippen LogP contribution in [0.5, 0.6) is 5.75 Å². The van der Waals surface area contributed by atoms with E-state index in [-0.39, 0.29) is 17.0 Å². The van der Waals surface area contributed by atoms with Gasteiger partial charge in [-0.05, 0) is 29.8 Å². The second-order valence-corrected chi connectivity index (χ2v) is 3.90. The predicted octanol–water partition coefficient (Wildman–Crippen LogP) is 2.96. The van der Waals surface area contributed by atoms with Gasteiger partial charge in [0.15, 0.2) is 5.78 Å². The van der Waals surface area contributed by atoms with Crippen LogP contribution < -0.4 is 4.74 Å². The summed E-state index contributed by atoms with van der Waals surface area (Å²) in [5, 5.41) is 10.6. The Bertz CT molecular complexity index is 445.